The molecule has 0 aromatic heterocycles. The smallest absolute Gasteiger partial charge is 0.343 e. The molecule has 0 aliphatic rings. The van der Waals surface area contributed by atoms with Crippen LogP contribution in [0.4, 0.5) is 0 Å². The van der Waals surface area contributed by atoms with Gasteiger partial charge in [0.1, 0.15) is 11.5 Å². The van der Waals surface area contributed by atoms with Gasteiger partial charge in [-0.1, -0.05) is 71.7 Å². The molecule has 0 saturated carbocycles. The number of benzene rings is 4. The minimum atomic E-state index is -0.498. The molecule has 0 amide bonds. The summed E-state index contributed by atoms with van der Waals surface area (Å²) in [6, 6.07) is 27.5. The fourth-order valence-electron chi connectivity index (χ4n) is 2.97. The van der Waals surface area contributed by atoms with E-state index in [4.69, 9.17) is 32.7 Å². The first-order valence-electron chi connectivity index (χ1n) is 9.65. The van der Waals surface area contributed by atoms with E-state index in [0.29, 0.717) is 32.7 Å². The summed E-state index contributed by atoms with van der Waals surface area (Å²) in [4.78, 5) is 24.7. The van der Waals surface area contributed by atoms with Crippen LogP contribution in [0.2, 0.25) is 10.0 Å². The monoisotopic (exact) mass is 462 g/mol. The molecule has 6 heteroatoms. The van der Waals surface area contributed by atoms with Gasteiger partial charge in [-0.2, -0.15) is 0 Å². The Balaban J connectivity index is 1.44. The van der Waals surface area contributed by atoms with Crippen molar-refractivity contribution in [1.29, 1.82) is 0 Å². The molecule has 4 nitrogen and oxygen atoms in total. The van der Waals surface area contributed by atoms with Crippen molar-refractivity contribution in [3.63, 3.8) is 0 Å². The fourth-order valence-corrected chi connectivity index (χ4v) is 3.32. The molecule has 0 radical (unpaired) electrons. The molecular weight excluding hydrogens is 447 g/mol. The van der Waals surface area contributed by atoms with E-state index in [0.717, 1.165) is 11.1 Å². The van der Waals surface area contributed by atoms with E-state index in [2.05, 4.69) is 0 Å². The van der Waals surface area contributed by atoms with Gasteiger partial charge in [0, 0.05) is 0 Å². The lowest BCUT2D eigenvalue weighted by Gasteiger charge is -2.08. The van der Waals surface area contributed by atoms with Crippen molar-refractivity contribution in [2.45, 2.75) is 0 Å². The summed E-state index contributed by atoms with van der Waals surface area (Å²) in [7, 11) is 0. The van der Waals surface area contributed by atoms with Crippen LogP contribution in [0, 0.1) is 0 Å². The molecule has 158 valence electrons. The van der Waals surface area contributed by atoms with Gasteiger partial charge in [0.05, 0.1) is 21.2 Å². The van der Waals surface area contributed by atoms with Crippen LogP contribution < -0.4 is 9.47 Å². The van der Waals surface area contributed by atoms with Gasteiger partial charge in [0.2, 0.25) is 0 Å². The quantitative estimate of drug-likeness (QED) is 0.234. The maximum Gasteiger partial charge on any atom is 0.343 e. The van der Waals surface area contributed by atoms with Crippen LogP contribution in [-0.4, -0.2) is 11.9 Å². The van der Waals surface area contributed by atoms with Crippen molar-refractivity contribution in [3.05, 3.63) is 118 Å². The molecule has 0 N–H and O–H groups in total. The van der Waals surface area contributed by atoms with E-state index in [1.165, 1.54) is 0 Å². The third-order valence-corrected chi connectivity index (χ3v) is 5.28. The molecule has 0 unspecified atom stereocenters. The summed E-state index contributed by atoms with van der Waals surface area (Å²) in [6.07, 6.45) is 0. The third-order valence-electron chi connectivity index (χ3n) is 4.65. The number of carbonyl (C=O) groups is 2. The first kappa shape index (κ1) is 21.6. The largest absolute Gasteiger partial charge is 0.421 e. The van der Waals surface area contributed by atoms with Crippen LogP contribution in [0.5, 0.6) is 11.5 Å². The highest BCUT2D eigenvalue weighted by Gasteiger charge is 2.13. The molecule has 4 rings (SSSR count). The van der Waals surface area contributed by atoms with E-state index in [1.807, 2.05) is 0 Å². The molecular formula is C26H16Cl2O4. The topological polar surface area (TPSA) is 52.6 Å². The number of ether oxygens (including phenoxy) is 2. The van der Waals surface area contributed by atoms with Gasteiger partial charge in [-0.3, -0.25) is 0 Å². The van der Waals surface area contributed by atoms with Crippen molar-refractivity contribution in [3.8, 4) is 22.6 Å². The molecule has 0 aliphatic heterocycles. The van der Waals surface area contributed by atoms with Crippen LogP contribution >= 0.6 is 23.2 Å². The van der Waals surface area contributed by atoms with E-state index in [9.17, 15) is 9.59 Å². The predicted molar refractivity (Wildman–Crippen MR) is 125 cm³/mol. The third kappa shape index (κ3) is 4.99. The standard InChI is InChI=1S/C26H16Cl2O4/c27-21-5-1-3-7-23(21)31-25(29)19-13-9-17(10-14-19)18-11-15-20(16-12-18)26(30)32-24-8-4-2-6-22(24)28/h1-16H. The number of esters is 2. The van der Waals surface area contributed by atoms with Crippen LogP contribution in [0.15, 0.2) is 97.1 Å². The Morgan fingerprint density at radius 3 is 1.19 bits per heavy atom. The van der Waals surface area contributed by atoms with Crippen LogP contribution in [0.3, 0.4) is 0 Å². The fraction of sp³-hybridized carbons (Fsp3) is 0. The zero-order valence-corrected chi connectivity index (χ0v) is 18.1. The van der Waals surface area contributed by atoms with Gasteiger partial charge in [0.25, 0.3) is 0 Å². The Morgan fingerprint density at radius 2 is 0.844 bits per heavy atom. The van der Waals surface area contributed by atoms with Gasteiger partial charge in [-0.25, -0.2) is 9.59 Å². The summed E-state index contributed by atoms with van der Waals surface area (Å²) in [5.41, 5.74) is 2.55. The molecule has 0 saturated heterocycles. The second-order valence-corrected chi connectivity index (χ2v) is 7.61. The summed E-state index contributed by atoms with van der Waals surface area (Å²) < 4.78 is 10.7. The number of rotatable bonds is 5. The van der Waals surface area contributed by atoms with Gasteiger partial charge in [-0.15, -0.1) is 0 Å². The molecule has 4 aromatic rings. The Hall–Kier alpha value is -3.60. The SMILES string of the molecule is O=C(Oc1ccccc1Cl)c1ccc(-c2ccc(C(=O)Oc3ccccc3Cl)cc2)cc1. The van der Waals surface area contributed by atoms with Gasteiger partial charge < -0.3 is 9.47 Å². The van der Waals surface area contributed by atoms with E-state index < -0.39 is 11.9 Å². The van der Waals surface area contributed by atoms with Crippen LogP contribution in [0.25, 0.3) is 11.1 Å². The normalized spacial score (nSPS) is 10.4. The van der Waals surface area contributed by atoms with Gasteiger partial charge in [0.15, 0.2) is 0 Å². The number of hydrogen-bond donors (Lipinski definition) is 0. The number of hydrogen-bond acceptors (Lipinski definition) is 4. The maximum atomic E-state index is 12.4. The maximum absolute atomic E-state index is 12.4. The van der Waals surface area contributed by atoms with Crippen LogP contribution in [0.1, 0.15) is 20.7 Å². The summed E-state index contributed by atoms with van der Waals surface area (Å²) in [5.74, 6) is -0.380. The molecule has 0 bridgehead atoms. The first-order chi connectivity index (χ1) is 15.5. The second kappa shape index (κ2) is 9.69. The molecule has 0 atom stereocenters. The highest BCUT2D eigenvalue weighted by Crippen LogP contribution is 2.26. The molecule has 0 aliphatic carbocycles. The average molecular weight is 463 g/mol. The van der Waals surface area contributed by atoms with E-state index in [1.54, 1.807) is 97.1 Å². The van der Waals surface area contributed by atoms with Crippen molar-refractivity contribution in [1.82, 2.24) is 0 Å². The molecule has 32 heavy (non-hydrogen) atoms. The Morgan fingerprint density at radius 1 is 0.500 bits per heavy atom. The average Bonchev–Trinajstić information content (AvgIpc) is 2.82. The summed E-state index contributed by atoms with van der Waals surface area (Å²) >= 11 is 12.1. The Kier molecular flexibility index (Phi) is 6.55. The minimum Gasteiger partial charge on any atom is -0.421 e. The molecule has 0 fully saturated rings. The highest BCUT2D eigenvalue weighted by molar-refractivity contribution is 6.32. The first-order valence-corrected chi connectivity index (χ1v) is 10.4. The summed E-state index contributed by atoms with van der Waals surface area (Å²) in [5, 5.41) is 0.733. The second-order valence-electron chi connectivity index (χ2n) is 6.79. The summed E-state index contributed by atoms with van der Waals surface area (Å²) in [6.45, 7) is 0. The van der Waals surface area contributed by atoms with E-state index >= 15 is 0 Å². The highest BCUT2D eigenvalue weighted by atomic mass is 35.5. The number of carbonyl (C=O) groups excluding carboxylic acids is 2. The van der Waals surface area contributed by atoms with Gasteiger partial charge >= 0.3 is 11.9 Å². The lowest BCUT2D eigenvalue weighted by molar-refractivity contribution is 0.0725. The minimum absolute atomic E-state index is 0.308. The van der Waals surface area contributed by atoms with E-state index in [-0.39, 0.29) is 0 Å². The number of para-hydroxylation sites is 2. The van der Waals surface area contributed by atoms with Crippen molar-refractivity contribution >= 4 is 35.1 Å². The lowest BCUT2D eigenvalue weighted by Crippen LogP contribution is -2.09. The van der Waals surface area contributed by atoms with Crippen molar-refractivity contribution in [2.24, 2.45) is 0 Å². The van der Waals surface area contributed by atoms with Crippen molar-refractivity contribution < 1.29 is 19.1 Å². The van der Waals surface area contributed by atoms with Crippen LogP contribution in [-0.2, 0) is 0 Å². The molecule has 0 heterocycles. The Bertz CT molecular complexity index is 1160. The zero-order valence-electron chi connectivity index (χ0n) is 16.6. The zero-order chi connectivity index (χ0) is 22.5. The lowest BCUT2D eigenvalue weighted by atomic mass is 10.0. The Labute approximate surface area is 194 Å². The molecule has 0 spiro atoms. The van der Waals surface area contributed by atoms with Crippen molar-refractivity contribution in [2.75, 3.05) is 0 Å². The molecule has 4 aromatic carbocycles. The van der Waals surface area contributed by atoms with Gasteiger partial charge in [-0.05, 0) is 59.7 Å². The predicted octanol–water partition coefficient (Wildman–Crippen LogP) is 7.10. The number of halogens is 2.